The summed E-state index contributed by atoms with van der Waals surface area (Å²) in [7, 11) is 0. The van der Waals surface area contributed by atoms with Crippen molar-refractivity contribution in [2.24, 2.45) is 4.99 Å². The van der Waals surface area contributed by atoms with Crippen molar-refractivity contribution in [2.75, 3.05) is 6.61 Å². The number of aryl methyl sites for hydroxylation is 1. The summed E-state index contributed by atoms with van der Waals surface area (Å²) in [6, 6.07) is 15.4. The number of hydrogen-bond acceptors (Lipinski definition) is 5. The van der Waals surface area contributed by atoms with Crippen molar-refractivity contribution in [3.8, 4) is 5.75 Å². The van der Waals surface area contributed by atoms with Gasteiger partial charge in [0, 0.05) is 31.0 Å². The maximum Gasteiger partial charge on any atom is 0.254 e. The Bertz CT molecular complexity index is 1060. The molecule has 0 radical (unpaired) electrons. The maximum absolute atomic E-state index is 12.6. The third-order valence-electron chi connectivity index (χ3n) is 5.44. The number of unbranched alkanes of at least 4 members (excludes halogenated alkanes) is 1. The van der Waals surface area contributed by atoms with E-state index in [2.05, 4.69) is 19.9 Å². The SMILES string of the molecule is O=C1NC2=Nc3ccc(OCCCCn4ccnc4)cc3CN2C1c1ccccc1. The number of aliphatic imine (C=N–C) groups is 1. The highest BCUT2D eigenvalue weighted by atomic mass is 16.5. The van der Waals surface area contributed by atoms with Crippen molar-refractivity contribution < 1.29 is 9.53 Å². The van der Waals surface area contributed by atoms with Crippen LogP contribution in [0.2, 0.25) is 0 Å². The lowest BCUT2D eigenvalue weighted by Gasteiger charge is -2.28. The summed E-state index contributed by atoms with van der Waals surface area (Å²) >= 11 is 0. The lowest BCUT2D eigenvalue weighted by molar-refractivity contribution is -0.121. The standard InChI is InChI=1S/C23H23N5O2/c29-22-21(17-6-2-1-3-7-17)28-15-18-14-19(8-9-20(18)25-23(28)26-22)30-13-5-4-11-27-12-10-24-16-27/h1-3,6-10,12,14,16,21H,4-5,11,13,15H2,(H,25,26,29). The fourth-order valence-corrected chi connectivity index (χ4v) is 3.93. The molecule has 2 aromatic carbocycles. The van der Waals surface area contributed by atoms with Crippen LogP contribution in [0.3, 0.4) is 0 Å². The van der Waals surface area contributed by atoms with Crippen LogP contribution in [0.4, 0.5) is 5.69 Å². The monoisotopic (exact) mass is 401 g/mol. The number of guanidine groups is 1. The minimum atomic E-state index is -0.356. The molecule has 1 fully saturated rings. The van der Waals surface area contributed by atoms with Crippen LogP contribution < -0.4 is 10.1 Å². The molecule has 5 rings (SSSR count). The molecule has 3 heterocycles. The summed E-state index contributed by atoms with van der Waals surface area (Å²) in [6.07, 6.45) is 7.61. The highest BCUT2D eigenvalue weighted by Crippen LogP contribution is 2.36. The predicted octanol–water partition coefficient (Wildman–Crippen LogP) is 3.42. The van der Waals surface area contributed by atoms with Gasteiger partial charge in [-0.25, -0.2) is 9.98 Å². The van der Waals surface area contributed by atoms with Crippen molar-refractivity contribution >= 4 is 17.6 Å². The van der Waals surface area contributed by atoms with Crippen molar-refractivity contribution in [3.63, 3.8) is 0 Å². The molecule has 0 bridgehead atoms. The van der Waals surface area contributed by atoms with E-state index >= 15 is 0 Å². The van der Waals surface area contributed by atoms with Crippen LogP contribution in [-0.4, -0.2) is 32.9 Å². The second-order valence-corrected chi connectivity index (χ2v) is 7.51. The van der Waals surface area contributed by atoms with Gasteiger partial charge in [-0.3, -0.25) is 10.1 Å². The van der Waals surface area contributed by atoms with Gasteiger partial charge in [0.2, 0.25) is 5.96 Å². The summed E-state index contributed by atoms with van der Waals surface area (Å²) < 4.78 is 8.03. The Morgan fingerprint density at radius 1 is 1.13 bits per heavy atom. The van der Waals surface area contributed by atoms with Crippen molar-refractivity contribution in [1.29, 1.82) is 0 Å². The van der Waals surface area contributed by atoms with Crippen LogP contribution in [0.25, 0.3) is 0 Å². The number of benzene rings is 2. The minimum Gasteiger partial charge on any atom is -0.494 e. The Labute approximate surface area is 175 Å². The molecule has 30 heavy (non-hydrogen) atoms. The van der Waals surface area contributed by atoms with Crippen molar-refractivity contribution in [3.05, 3.63) is 78.4 Å². The number of aromatic nitrogens is 2. The van der Waals surface area contributed by atoms with E-state index in [4.69, 9.17) is 4.74 Å². The van der Waals surface area contributed by atoms with Gasteiger partial charge in [-0.1, -0.05) is 30.3 Å². The zero-order chi connectivity index (χ0) is 20.3. The topological polar surface area (TPSA) is 71.7 Å². The Morgan fingerprint density at radius 3 is 2.87 bits per heavy atom. The van der Waals surface area contributed by atoms with Crippen LogP contribution in [0.15, 0.2) is 72.2 Å². The van der Waals surface area contributed by atoms with Gasteiger partial charge in [0.25, 0.3) is 5.91 Å². The third kappa shape index (κ3) is 3.66. The average molecular weight is 401 g/mol. The number of carbonyl (C=O) groups is 1. The van der Waals surface area contributed by atoms with Crippen LogP contribution in [-0.2, 0) is 17.9 Å². The van der Waals surface area contributed by atoms with E-state index in [1.165, 1.54) is 0 Å². The van der Waals surface area contributed by atoms with E-state index in [9.17, 15) is 4.79 Å². The van der Waals surface area contributed by atoms with Gasteiger partial charge in [-0.05, 0) is 36.6 Å². The van der Waals surface area contributed by atoms with E-state index in [1.54, 1.807) is 6.20 Å². The first-order valence-electron chi connectivity index (χ1n) is 10.2. The number of fused-ring (bicyclic) bond motifs is 2. The first-order valence-corrected chi connectivity index (χ1v) is 10.2. The lowest BCUT2D eigenvalue weighted by Crippen LogP contribution is -2.33. The van der Waals surface area contributed by atoms with Crippen molar-refractivity contribution in [2.45, 2.75) is 32.0 Å². The van der Waals surface area contributed by atoms with Gasteiger partial charge in [0.05, 0.1) is 18.6 Å². The fourth-order valence-electron chi connectivity index (χ4n) is 3.93. The Morgan fingerprint density at radius 2 is 2.03 bits per heavy atom. The Balaban J connectivity index is 1.24. The first kappa shape index (κ1) is 18.4. The molecule has 2 aliphatic rings. The minimum absolute atomic E-state index is 0.0397. The molecule has 7 heteroatoms. The van der Waals surface area contributed by atoms with E-state index < -0.39 is 0 Å². The zero-order valence-electron chi connectivity index (χ0n) is 16.6. The van der Waals surface area contributed by atoms with Crippen LogP contribution in [0, 0.1) is 0 Å². The van der Waals surface area contributed by atoms with Gasteiger partial charge < -0.3 is 14.2 Å². The number of ether oxygens (including phenoxy) is 1. The van der Waals surface area contributed by atoms with Gasteiger partial charge in [0.15, 0.2) is 0 Å². The highest BCUT2D eigenvalue weighted by molar-refractivity contribution is 6.08. The number of carbonyl (C=O) groups excluding carboxylic acids is 1. The fraction of sp³-hybridized carbons (Fsp3) is 0.261. The molecule has 1 aromatic heterocycles. The largest absolute Gasteiger partial charge is 0.494 e. The van der Waals surface area contributed by atoms with Crippen molar-refractivity contribution in [1.82, 2.24) is 19.8 Å². The van der Waals surface area contributed by atoms with E-state index in [-0.39, 0.29) is 11.9 Å². The number of hydrogen-bond donors (Lipinski definition) is 1. The molecule has 2 aliphatic heterocycles. The van der Waals surface area contributed by atoms with Crippen LogP contribution >= 0.6 is 0 Å². The van der Waals surface area contributed by atoms with Gasteiger partial charge in [0.1, 0.15) is 11.8 Å². The zero-order valence-corrected chi connectivity index (χ0v) is 16.6. The molecule has 7 nitrogen and oxygen atoms in total. The molecular formula is C23H23N5O2. The Kier molecular flexibility index (Phi) is 4.93. The molecule has 1 amide bonds. The van der Waals surface area contributed by atoms with Crippen LogP contribution in [0.5, 0.6) is 5.75 Å². The smallest absolute Gasteiger partial charge is 0.254 e. The van der Waals surface area contributed by atoms with E-state index in [1.807, 2.05) is 66.0 Å². The second-order valence-electron chi connectivity index (χ2n) is 7.51. The molecule has 0 aliphatic carbocycles. The highest BCUT2D eigenvalue weighted by Gasteiger charge is 2.39. The maximum atomic E-state index is 12.6. The second kappa shape index (κ2) is 8.02. The number of nitrogens with one attached hydrogen (secondary N) is 1. The molecule has 0 spiro atoms. The molecule has 152 valence electrons. The molecule has 0 saturated carbocycles. The average Bonchev–Trinajstić information content (AvgIpc) is 3.39. The number of amides is 1. The van der Waals surface area contributed by atoms with E-state index in [0.29, 0.717) is 19.1 Å². The first-order chi connectivity index (χ1) is 14.8. The lowest BCUT2D eigenvalue weighted by atomic mass is 10.0. The number of imidazole rings is 1. The number of rotatable bonds is 7. The summed E-state index contributed by atoms with van der Waals surface area (Å²) in [6.45, 7) is 2.23. The molecule has 1 unspecified atom stereocenters. The number of nitrogens with zero attached hydrogens (tertiary/aromatic N) is 4. The molecule has 1 atom stereocenters. The molecule has 1 N–H and O–H groups in total. The summed E-state index contributed by atoms with van der Waals surface area (Å²) in [5.41, 5.74) is 2.91. The summed E-state index contributed by atoms with van der Waals surface area (Å²) in [5.74, 6) is 1.42. The molecule has 1 saturated heterocycles. The van der Waals surface area contributed by atoms with Crippen LogP contribution in [0.1, 0.15) is 30.0 Å². The summed E-state index contributed by atoms with van der Waals surface area (Å²) in [4.78, 5) is 23.3. The van der Waals surface area contributed by atoms with Gasteiger partial charge >= 0.3 is 0 Å². The van der Waals surface area contributed by atoms with Gasteiger partial charge in [-0.15, -0.1) is 0 Å². The predicted molar refractivity (Wildman–Crippen MR) is 113 cm³/mol. The van der Waals surface area contributed by atoms with Gasteiger partial charge in [-0.2, -0.15) is 0 Å². The normalized spacial score (nSPS) is 17.2. The molecular weight excluding hydrogens is 378 g/mol. The Hall–Kier alpha value is -3.61. The third-order valence-corrected chi connectivity index (χ3v) is 5.44. The van der Waals surface area contributed by atoms with E-state index in [0.717, 1.165) is 42.0 Å². The quantitative estimate of drug-likeness (QED) is 0.616. The molecule has 3 aromatic rings. The summed E-state index contributed by atoms with van der Waals surface area (Å²) in [5, 5.41) is 2.92.